The highest BCUT2D eigenvalue weighted by Crippen LogP contribution is 2.23. The van der Waals surface area contributed by atoms with Crippen LogP contribution in [0.2, 0.25) is 0 Å². The smallest absolute Gasteiger partial charge is 0.122 e. The van der Waals surface area contributed by atoms with Gasteiger partial charge in [0.1, 0.15) is 11.5 Å². The molecule has 0 amide bonds. The zero-order chi connectivity index (χ0) is 12.5. The third kappa shape index (κ3) is 4.77. The number of phenolic OH excluding ortho intramolecular Hbond substituents is 1. The minimum absolute atomic E-state index is 0.292. The number of ether oxygens (including phenoxy) is 1. The molecule has 0 fully saturated rings. The molecule has 92 valence electrons. The molecule has 1 aromatic rings. The van der Waals surface area contributed by atoms with E-state index in [1.807, 2.05) is 18.2 Å². The first-order valence-electron chi connectivity index (χ1n) is 5.89. The molecule has 1 aromatic carbocycles. The van der Waals surface area contributed by atoms with Gasteiger partial charge in [0.2, 0.25) is 0 Å². The summed E-state index contributed by atoms with van der Waals surface area (Å²) in [6.07, 6.45) is 10.2. The second kappa shape index (κ2) is 7.55. The second-order valence-electron chi connectivity index (χ2n) is 3.89. The Hall–Kier alpha value is -1.70. The van der Waals surface area contributed by atoms with Crippen molar-refractivity contribution < 1.29 is 9.84 Å². The minimum Gasteiger partial charge on any atom is -0.508 e. The van der Waals surface area contributed by atoms with Gasteiger partial charge in [0.15, 0.2) is 0 Å². The fraction of sp³-hybridized carbons (Fsp3) is 0.333. The lowest BCUT2D eigenvalue weighted by Crippen LogP contribution is -1.86. The van der Waals surface area contributed by atoms with Gasteiger partial charge < -0.3 is 9.84 Å². The molecule has 2 heteroatoms. The van der Waals surface area contributed by atoms with Gasteiger partial charge in [-0.2, -0.15) is 0 Å². The Kier molecular flexibility index (Phi) is 5.94. The predicted octanol–water partition coefficient (Wildman–Crippen LogP) is 3.86. The number of rotatable bonds is 7. The topological polar surface area (TPSA) is 29.5 Å². The molecule has 0 heterocycles. The molecule has 0 bridgehead atoms. The third-order valence-corrected chi connectivity index (χ3v) is 2.58. The maximum atomic E-state index is 9.74. The number of allylic oxidation sites excluding steroid dienone is 3. The summed E-state index contributed by atoms with van der Waals surface area (Å²) >= 11 is 0. The molecule has 0 aliphatic carbocycles. The Bertz CT molecular complexity index is 381. The van der Waals surface area contributed by atoms with Crippen molar-refractivity contribution in [3.05, 3.63) is 48.6 Å². The molecular formula is C15H20O2. The van der Waals surface area contributed by atoms with Crippen molar-refractivity contribution in [2.45, 2.75) is 25.7 Å². The van der Waals surface area contributed by atoms with Crippen LogP contribution in [-0.2, 0) is 6.42 Å². The molecule has 17 heavy (non-hydrogen) atoms. The molecular weight excluding hydrogens is 212 g/mol. The summed E-state index contributed by atoms with van der Waals surface area (Å²) in [4.78, 5) is 0. The maximum Gasteiger partial charge on any atom is 0.122 e. The summed E-state index contributed by atoms with van der Waals surface area (Å²) in [5.74, 6) is 0.973. The van der Waals surface area contributed by atoms with Gasteiger partial charge in [0.05, 0.1) is 7.11 Å². The highest BCUT2D eigenvalue weighted by atomic mass is 16.5. The SMILES string of the molecule is C=CCCC/C=C/Cc1ccc(OC)cc1O. The van der Waals surface area contributed by atoms with Crippen LogP contribution in [0, 0.1) is 0 Å². The first-order chi connectivity index (χ1) is 8.27. The van der Waals surface area contributed by atoms with Gasteiger partial charge >= 0.3 is 0 Å². The molecule has 0 aliphatic rings. The highest BCUT2D eigenvalue weighted by molar-refractivity contribution is 5.40. The summed E-state index contributed by atoms with van der Waals surface area (Å²) in [5, 5.41) is 9.74. The van der Waals surface area contributed by atoms with Gasteiger partial charge in [0, 0.05) is 6.07 Å². The van der Waals surface area contributed by atoms with Gasteiger partial charge in [-0.15, -0.1) is 6.58 Å². The maximum absolute atomic E-state index is 9.74. The Labute approximate surface area is 103 Å². The molecule has 1 N–H and O–H groups in total. The van der Waals surface area contributed by atoms with Crippen LogP contribution < -0.4 is 4.74 Å². The highest BCUT2D eigenvalue weighted by Gasteiger charge is 2.00. The molecule has 0 aliphatic heterocycles. The van der Waals surface area contributed by atoms with Crippen molar-refractivity contribution in [1.82, 2.24) is 0 Å². The van der Waals surface area contributed by atoms with Crippen LogP contribution in [0.1, 0.15) is 24.8 Å². The molecule has 0 saturated carbocycles. The van der Waals surface area contributed by atoms with E-state index in [0.29, 0.717) is 11.5 Å². The van der Waals surface area contributed by atoms with Crippen LogP contribution in [-0.4, -0.2) is 12.2 Å². The van der Waals surface area contributed by atoms with E-state index < -0.39 is 0 Å². The fourth-order valence-electron chi connectivity index (χ4n) is 1.55. The van der Waals surface area contributed by atoms with Crippen molar-refractivity contribution in [3.63, 3.8) is 0 Å². The molecule has 1 rings (SSSR count). The Balaban J connectivity index is 2.43. The van der Waals surface area contributed by atoms with Gasteiger partial charge in [-0.05, 0) is 37.3 Å². The number of phenols is 1. The summed E-state index contributed by atoms with van der Waals surface area (Å²) in [6, 6.07) is 5.39. The van der Waals surface area contributed by atoms with Crippen molar-refractivity contribution in [1.29, 1.82) is 0 Å². The minimum atomic E-state index is 0.292. The Morgan fingerprint density at radius 3 is 2.76 bits per heavy atom. The van der Waals surface area contributed by atoms with Crippen LogP contribution in [0.25, 0.3) is 0 Å². The second-order valence-corrected chi connectivity index (χ2v) is 3.89. The van der Waals surface area contributed by atoms with Gasteiger partial charge in [0.25, 0.3) is 0 Å². The van der Waals surface area contributed by atoms with E-state index in [-0.39, 0.29) is 0 Å². The molecule has 0 atom stereocenters. The molecule has 0 radical (unpaired) electrons. The number of benzene rings is 1. The van der Waals surface area contributed by atoms with Gasteiger partial charge in [-0.3, -0.25) is 0 Å². The van der Waals surface area contributed by atoms with E-state index in [1.165, 1.54) is 0 Å². The summed E-state index contributed by atoms with van der Waals surface area (Å²) in [7, 11) is 1.59. The Morgan fingerprint density at radius 2 is 2.12 bits per heavy atom. The third-order valence-electron chi connectivity index (χ3n) is 2.58. The van der Waals surface area contributed by atoms with Crippen molar-refractivity contribution in [2.24, 2.45) is 0 Å². The average molecular weight is 232 g/mol. The van der Waals surface area contributed by atoms with Crippen LogP contribution in [0.3, 0.4) is 0 Å². The Morgan fingerprint density at radius 1 is 1.29 bits per heavy atom. The van der Waals surface area contributed by atoms with E-state index in [1.54, 1.807) is 13.2 Å². The lowest BCUT2D eigenvalue weighted by Gasteiger charge is -2.04. The van der Waals surface area contributed by atoms with E-state index in [9.17, 15) is 5.11 Å². The number of methoxy groups -OCH3 is 1. The van der Waals surface area contributed by atoms with Crippen molar-refractivity contribution in [3.8, 4) is 11.5 Å². The van der Waals surface area contributed by atoms with Crippen LogP contribution in [0.15, 0.2) is 43.0 Å². The number of unbranched alkanes of at least 4 members (excludes halogenated alkanes) is 2. The van der Waals surface area contributed by atoms with E-state index in [2.05, 4.69) is 18.7 Å². The first-order valence-corrected chi connectivity index (χ1v) is 5.89. The average Bonchev–Trinajstić information content (AvgIpc) is 2.35. The molecule has 2 nitrogen and oxygen atoms in total. The van der Waals surface area contributed by atoms with Crippen LogP contribution >= 0.6 is 0 Å². The van der Waals surface area contributed by atoms with Crippen LogP contribution in [0.4, 0.5) is 0 Å². The van der Waals surface area contributed by atoms with E-state index in [4.69, 9.17) is 4.74 Å². The quantitative estimate of drug-likeness (QED) is 0.571. The summed E-state index contributed by atoms with van der Waals surface area (Å²) < 4.78 is 5.03. The van der Waals surface area contributed by atoms with Gasteiger partial charge in [-0.25, -0.2) is 0 Å². The first kappa shape index (κ1) is 13.4. The zero-order valence-corrected chi connectivity index (χ0v) is 10.4. The summed E-state index contributed by atoms with van der Waals surface area (Å²) in [6.45, 7) is 3.68. The van der Waals surface area contributed by atoms with Crippen molar-refractivity contribution in [2.75, 3.05) is 7.11 Å². The number of hydrogen-bond acceptors (Lipinski definition) is 2. The lowest BCUT2D eigenvalue weighted by molar-refractivity contribution is 0.406. The predicted molar refractivity (Wildman–Crippen MR) is 71.6 cm³/mol. The largest absolute Gasteiger partial charge is 0.508 e. The molecule has 0 spiro atoms. The van der Waals surface area contributed by atoms with E-state index >= 15 is 0 Å². The zero-order valence-electron chi connectivity index (χ0n) is 10.4. The molecule has 0 unspecified atom stereocenters. The number of hydrogen-bond donors (Lipinski definition) is 1. The monoisotopic (exact) mass is 232 g/mol. The standard InChI is InChI=1S/C15H20O2/c1-3-4-5-6-7-8-9-13-10-11-14(17-2)12-15(13)16/h3,7-8,10-12,16H,1,4-6,9H2,2H3/b8-7+. The molecule has 0 saturated heterocycles. The van der Waals surface area contributed by atoms with Gasteiger partial charge in [-0.1, -0.05) is 24.3 Å². The lowest BCUT2D eigenvalue weighted by atomic mass is 10.1. The fourth-order valence-corrected chi connectivity index (χ4v) is 1.55. The normalized spacial score (nSPS) is 10.6. The number of aromatic hydroxyl groups is 1. The van der Waals surface area contributed by atoms with E-state index in [0.717, 1.165) is 31.2 Å². The van der Waals surface area contributed by atoms with Crippen LogP contribution in [0.5, 0.6) is 11.5 Å². The van der Waals surface area contributed by atoms with Crippen molar-refractivity contribution >= 4 is 0 Å². The molecule has 0 aromatic heterocycles. The summed E-state index contributed by atoms with van der Waals surface area (Å²) in [5.41, 5.74) is 0.922.